The maximum Gasteiger partial charge on any atom is 0.223 e. The third kappa shape index (κ3) is 6.75. The van der Waals surface area contributed by atoms with Crippen LogP contribution in [0.2, 0.25) is 0 Å². The predicted molar refractivity (Wildman–Crippen MR) is 110 cm³/mol. The van der Waals surface area contributed by atoms with Crippen molar-refractivity contribution in [1.29, 1.82) is 0 Å². The highest BCUT2D eigenvalue weighted by molar-refractivity contribution is 5.76. The van der Waals surface area contributed by atoms with Crippen LogP contribution in [0.15, 0.2) is 24.3 Å². The number of hydrogen-bond donors (Lipinski definition) is 0. The first kappa shape index (κ1) is 21.0. The fourth-order valence-electron chi connectivity index (χ4n) is 3.55. The van der Waals surface area contributed by atoms with Gasteiger partial charge in [0.2, 0.25) is 5.91 Å². The minimum absolute atomic E-state index is 0.167. The zero-order chi connectivity index (χ0) is 19.2. The highest BCUT2D eigenvalue weighted by atomic mass is 16.2. The fourth-order valence-corrected chi connectivity index (χ4v) is 3.55. The van der Waals surface area contributed by atoms with E-state index < -0.39 is 0 Å². The number of hydrogen-bond acceptors (Lipinski definition) is 2. The summed E-state index contributed by atoms with van der Waals surface area (Å²) in [5, 5.41) is 0. The molecular formula is C23H38N2O. The van der Waals surface area contributed by atoms with Gasteiger partial charge in [-0.3, -0.25) is 4.79 Å². The Morgan fingerprint density at radius 1 is 1.08 bits per heavy atom. The molecule has 0 saturated carbocycles. The van der Waals surface area contributed by atoms with Crippen molar-refractivity contribution in [1.82, 2.24) is 9.80 Å². The number of nitrogens with zero attached hydrogens (tertiary/aromatic N) is 2. The highest BCUT2D eigenvalue weighted by Crippen LogP contribution is 2.22. The largest absolute Gasteiger partial charge is 0.337 e. The molecule has 1 aliphatic heterocycles. The monoisotopic (exact) mass is 358 g/mol. The SMILES string of the molecule is CC(C)CC(=O)N(CCN1CCCCC1)Cc1ccc(C(C)(C)C)cc1. The lowest BCUT2D eigenvalue weighted by Crippen LogP contribution is -2.40. The van der Waals surface area contributed by atoms with Gasteiger partial charge in [-0.25, -0.2) is 0 Å². The summed E-state index contributed by atoms with van der Waals surface area (Å²) in [7, 11) is 0. The summed E-state index contributed by atoms with van der Waals surface area (Å²) in [6.45, 7) is 15.9. The van der Waals surface area contributed by atoms with Gasteiger partial charge < -0.3 is 9.80 Å². The quantitative estimate of drug-likeness (QED) is 0.696. The molecule has 0 radical (unpaired) electrons. The Labute approximate surface area is 160 Å². The molecule has 1 amide bonds. The number of carbonyl (C=O) groups excluding carboxylic acids is 1. The first-order valence-corrected chi connectivity index (χ1v) is 10.4. The zero-order valence-electron chi connectivity index (χ0n) is 17.6. The molecule has 0 aliphatic carbocycles. The number of rotatable bonds is 7. The summed E-state index contributed by atoms with van der Waals surface area (Å²) in [6.07, 6.45) is 4.59. The van der Waals surface area contributed by atoms with Gasteiger partial charge in [-0.15, -0.1) is 0 Å². The normalized spacial score (nSPS) is 16.1. The molecule has 0 aromatic heterocycles. The molecule has 0 atom stereocenters. The van der Waals surface area contributed by atoms with E-state index in [2.05, 4.69) is 68.7 Å². The highest BCUT2D eigenvalue weighted by Gasteiger charge is 2.18. The first-order chi connectivity index (χ1) is 12.3. The Bertz CT molecular complexity index is 551. The molecular weight excluding hydrogens is 320 g/mol. The zero-order valence-corrected chi connectivity index (χ0v) is 17.6. The molecule has 146 valence electrons. The van der Waals surface area contributed by atoms with Gasteiger partial charge in [0.1, 0.15) is 0 Å². The molecule has 0 N–H and O–H groups in total. The van der Waals surface area contributed by atoms with Crippen molar-refractivity contribution >= 4 is 5.91 Å². The Hall–Kier alpha value is -1.35. The van der Waals surface area contributed by atoms with Gasteiger partial charge in [-0.05, 0) is 48.4 Å². The van der Waals surface area contributed by atoms with Crippen LogP contribution in [-0.2, 0) is 16.8 Å². The lowest BCUT2D eigenvalue weighted by atomic mass is 9.87. The lowest BCUT2D eigenvalue weighted by Gasteiger charge is -2.30. The van der Waals surface area contributed by atoms with Crippen LogP contribution in [0.4, 0.5) is 0 Å². The number of amides is 1. The molecule has 1 aromatic rings. The van der Waals surface area contributed by atoms with Gasteiger partial charge >= 0.3 is 0 Å². The van der Waals surface area contributed by atoms with Crippen LogP contribution in [0.5, 0.6) is 0 Å². The third-order valence-corrected chi connectivity index (χ3v) is 5.26. The molecule has 1 heterocycles. The van der Waals surface area contributed by atoms with Crippen molar-refractivity contribution in [2.24, 2.45) is 5.92 Å². The number of piperidine rings is 1. The van der Waals surface area contributed by atoms with Crippen molar-refractivity contribution in [2.45, 2.75) is 72.3 Å². The van der Waals surface area contributed by atoms with E-state index in [1.807, 2.05) is 0 Å². The summed E-state index contributed by atoms with van der Waals surface area (Å²) in [5.74, 6) is 0.695. The predicted octanol–water partition coefficient (Wildman–Crippen LogP) is 4.84. The molecule has 3 nitrogen and oxygen atoms in total. The van der Waals surface area contributed by atoms with Crippen LogP contribution in [-0.4, -0.2) is 41.9 Å². The second-order valence-corrected chi connectivity index (χ2v) is 9.26. The van der Waals surface area contributed by atoms with Crippen LogP contribution in [0.25, 0.3) is 0 Å². The summed E-state index contributed by atoms with van der Waals surface area (Å²) < 4.78 is 0. The Morgan fingerprint density at radius 3 is 2.23 bits per heavy atom. The topological polar surface area (TPSA) is 23.6 Å². The van der Waals surface area contributed by atoms with Gasteiger partial charge in [0.15, 0.2) is 0 Å². The molecule has 0 bridgehead atoms. The smallest absolute Gasteiger partial charge is 0.223 e. The van der Waals surface area contributed by atoms with E-state index in [9.17, 15) is 4.79 Å². The lowest BCUT2D eigenvalue weighted by molar-refractivity contribution is -0.132. The second kappa shape index (κ2) is 9.55. The molecule has 2 rings (SSSR count). The van der Waals surface area contributed by atoms with Crippen LogP contribution < -0.4 is 0 Å². The van der Waals surface area contributed by atoms with Crippen molar-refractivity contribution < 1.29 is 4.79 Å². The average molecular weight is 359 g/mol. The van der Waals surface area contributed by atoms with E-state index in [4.69, 9.17) is 0 Å². The number of benzene rings is 1. The standard InChI is InChI=1S/C23H38N2O/c1-19(2)17-22(26)25(16-15-24-13-7-6-8-14-24)18-20-9-11-21(12-10-20)23(3,4)5/h9-12,19H,6-8,13-18H2,1-5H3. The summed E-state index contributed by atoms with van der Waals surface area (Å²) in [6, 6.07) is 8.81. The Morgan fingerprint density at radius 2 is 1.69 bits per heavy atom. The minimum Gasteiger partial charge on any atom is -0.337 e. The Balaban J connectivity index is 2.01. The van der Waals surface area contributed by atoms with Crippen molar-refractivity contribution in [3.8, 4) is 0 Å². The molecule has 3 heteroatoms. The van der Waals surface area contributed by atoms with Crippen LogP contribution >= 0.6 is 0 Å². The van der Waals surface area contributed by atoms with E-state index in [0.717, 1.165) is 19.6 Å². The first-order valence-electron chi connectivity index (χ1n) is 10.4. The average Bonchev–Trinajstić information content (AvgIpc) is 2.58. The van der Waals surface area contributed by atoms with Crippen LogP contribution in [0, 0.1) is 5.92 Å². The molecule has 0 unspecified atom stereocenters. The summed E-state index contributed by atoms with van der Waals surface area (Å²) in [5.41, 5.74) is 2.74. The van der Waals surface area contributed by atoms with E-state index in [1.165, 1.54) is 43.5 Å². The van der Waals surface area contributed by atoms with Crippen LogP contribution in [0.3, 0.4) is 0 Å². The van der Waals surface area contributed by atoms with E-state index in [0.29, 0.717) is 12.3 Å². The molecule has 1 saturated heterocycles. The van der Waals surface area contributed by atoms with Crippen molar-refractivity contribution in [3.63, 3.8) is 0 Å². The van der Waals surface area contributed by atoms with Crippen molar-refractivity contribution in [2.75, 3.05) is 26.2 Å². The Kier molecular flexibility index (Phi) is 7.69. The van der Waals surface area contributed by atoms with Gasteiger partial charge in [0.25, 0.3) is 0 Å². The van der Waals surface area contributed by atoms with Crippen LogP contribution in [0.1, 0.15) is 71.4 Å². The second-order valence-electron chi connectivity index (χ2n) is 9.26. The maximum absolute atomic E-state index is 12.8. The number of likely N-dealkylation sites (tertiary alicyclic amines) is 1. The van der Waals surface area contributed by atoms with Gasteiger partial charge in [0, 0.05) is 26.1 Å². The van der Waals surface area contributed by atoms with Gasteiger partial charge in [-0.2, -0.15) is 0 Å². The molecule has 26 heavy (non-hydrogen) atoms. The maximum atomic E-state index is 12.8. The van der Waals surface area contributed by atoms with Gasteiger partial charge in [-0.1, -0.05) is 65.3 Å². The van der Waals surface area contributed by atoms with E-state index >= 15 is 0 Å². The molecule has 1 aliphatic rings. The van der Waals surface area contributed by atoms with Gasteiger partial charge in [0.05, 0.1) is 0 Å². The third-order valence-electron chi connectivity index (χ3n) is 5.26. The fraction of sp³-hybridized carbons (Fsp3) is 0.696. The summed E-state index contributed by atoms with van der Waals surface area (Å²) in [4.78, 5) is 17.4. The number of carbonyl (C=O) groups is 1. The van der Waals surface area contributed by atoms with E-state index in [1.54, 1.807) is 0 Å². The summed E-state index contributed by atoms with van der Waals surface area (Å²) >= 11 is 0. The minimum atomic E-state index is 0.167. The molecule has 1 fully saturated rings. The molecule has 1 aromatic carbocycles. The molecule has 0 spiro atoms. The van der Waals surface area contributed by atoms with E-state index in [-0.39, 0.29) is 11.3 Å². The van der Waals surface area contributed by atoms with Crippen molar-refractivity contribution in [3.05, 3.63) is 35.4 Å².